The van der Waals surface area contributed by atoms with Crippen molar-refractivity contribution in [2.24, 2.45) is 0 Å². The largest absolute Gasteiger partial charge is 0.464 e. The third-order valence-corrected chi connectivity index (χ3v) is 1.38. The third-order valence-electron chi connectivity index (χ3n) is 1.38. The van der Waals surface area contributed by atoms with Crippen LogP contribution in [0.1, 0.15) is 27.2 Å². The summed E-state index contributed by atoms with van der Waals surface area (Å²) in [6.45, 7) is 6.29. The predicted molar refractivity (Wildman–Crippen MR) is 40.2 cm³/mol. The first kappa shape index (κ1) is 8.53. The van der Waals surface area contributed by atoms with Gasteiger partial charge in [0.25, 0.3) is 0 Å². The Morgan fingerprint density at radius 1 is 1.55 bits per heavy atom. The molecule has 0 aliphatic carbocycles. The summed E-state index contributed by atoms with van der Waals surface area (Å²) in [5, 5.41) is 0. The van der Waals surface area contributed by atoms with Crippen molar-refractivity contribution in [2.75, 3.05) is 6.61 Å². The van der Waals surface area contributed by atoms with Crippen LogP contribution in [0.4, 0.5) is 0 Å². The Morgan fingerprint density at radius 2 is 2.18 bits per heavy atom. The molecule has 3 nitrogen and oxygen atoms in total. The standard InChI is InChI=1S/C8H14O3/c1-8(2,3)11-6-4-5-10-7(6)9/h6H,4-5H2,1-3H3. The quantitative estimate of drug-likeness (QED) is 0.536. The second kappa shape index (κ2) is 2.81. The van der Waals surface area contributed by atoms with Crippen molar-refractivity contribution in [2.45, 2.75) is 38.9 Å². The molecule has 0 bridgehead atoms. The number of carbonyl (C=O) groups excluding carboxylic acids is 1. The van der Waals surface area contributed by atoms with E-state index in [9.17, 15) is 4.79 Å². The van der Waals surface area contributed by atoms with E-state index < -0.39 is 0 Å². The SMILES string of the molecule is CC(C)(C)OC1CCOC1=O. The minimum absolute atomic E-state index is 0.222. The highest BCUT2D eigenvalue weighted by Gasteiger charge is 2.30. The number of esters is 1. The zero-order valence-corrected chi connectivity index (χ0v) is 7.22. The fourth-order valence-electron chi connectivity index (χ4n) is 1.01. The Morgan fingerprint density at radius 3 is 2.55 bits per heavy atom. The molecule has 1 unspecified atom stereocenters. The molecule has 1 heterocycles. The Balaban J connectivity index is 2.43. The minimum Gasteiger partial charge on any atom is -0.464 e. The number of hydrogen-bond acceptors (Lipinski definition) is 3. The van der Waals surface area contributed by atoms with Crippen molar-refractivity contribution in [3.63, 3.8) is 0 Å². The second-order valence-electron chi connectivity index (χ2n) is 3.68. The lowest BCUT2D eigenvalue weighted by Crippen LogP contribution is -2.30. The number of carbonyl (C=O) groups is 1. The molecule has 1 aliphatic rings. The van der Waals surface area contributed by atoms with E-state index in [-0.39, 0.29) is 17.7 Å². The Hall–Kier alpha value is -0.570. The van der Waals surface area contributed by atoms with Crippen molar-refractivity contribution in [1.82, 2.24) is 0 Å². The van der Waals surface area contributed by atoms with E-state index in [1.165, 1.54) is 0 Å². The summed E-state index contributed by atoms with van der Waals surface area (Å²) in [6.07, 6.45) is 0.353. The summed E-state index contributed by atoms with van der Waals surface area (Å²) >= 11 is 0. The number of ether oxygens (including phenoxy) is 2. The van der Waals surface area contributed by atoms with Gasteiger partial charge in [-0.1, -0.05) is 0 Å². The molecule has 1 fully saturated rings. The smallest absolute Gasteiger partial charge is 0.335 e. The van der Waals surface area contributed by atoms with Crippen molar-refractivity contribution < 1.29 is 14.3 Å². The molecule has 0 aromatic rings. The van der Waals surface area contributed by atoms with Gasteiger partial charge < -0.3 is 9.47 Å². The van der Waals surface area contributed by atoms with Gasteiger partial charge in [-0.05, 0) is 20.8 Å². The Labute approximate surface area is 66.7 Å². The van der Waals surface area contributed by atoms with E-state index in [2.05, 4.69) is 0 Å². The van der Waals surface area contributed by atoms with Gasteiger partial charge in [0, 0.05) is 6.42 Å². The van der Waals surface area contributed by atoms with Gasteiger partial charge >= 0.3 is 5.97 Å². The van der Waals surface area contributed by atoms with Gasteiger partial charge in [-0.3, -0.25) is 0 Å². The van der Waals surface area contributed by atoms with E-state index in [4.69, 9.17) is 9.47 Å². The average molecular weight is 158 g/mol. The number of hydrogen-bond donors (Lipinski definition) is 0. The van der Waals surface area contributed by atoms with Crippen LogP contribution in [0.5, 0.6) is 0 Å². The van der Waals surface area contributed by atoms with Gasteiger partial charge in [0.15, 0.2) is 6.10 Å². The summed E-state index contributed by atoms with van der Waals surface area (Å²) in [6, 6.07) is 0. The molecule has 0 amide bonds. The van der Waals surface area contributed by atoms with Gasteiger partial charge in [0.1, 0.15) is 0 Å². The van der Waals surface area contributed by atoms with Crippen molar-refractivity contribution in [1.29, 1.82) is 0 Å². The summed E-state index contributed by atoms with van der Waals surface area (Å²) < 4.78 is 10.2. The fourth-order valence-corrected chi connectivity index (χ4v) is 1.01. The van der Waals surface area contributed by atoms with E-state index in [0.29, 0.717) is 13.0 Å². The molecule has 0 radical (unpaired) electrons. The van der Waals surface area contributed by atoms with E-state index in [1.807, 2.05) is 20.8 Å². The fraction of sp³-hybridized carbons (Fsp3) is 0.875. The van der Waals surface area contributed by atoms with Crippen molar-refractivity contribution in [3.05, 3.63) is 0 Å². The van der Waals surface area contributed by atoms with Crippen LogP contribution < -0.4 is 0 Å². The Bertz CT molecular complexity index is 157. The first-order valence-electron chi connectivity index (χ1n) is 3.83. The van der Waals surface area contributed by atoms with Gasteiger partial charge in [0.05, 0.1) is 12.2 Å². The molecule has 0 saturated carbocycles. The molecule has 1 rings (SSSR count). The average Bonchev–Trinajstić information content (AvgIpc) is 2.12. The molecule has 3 heteroatoms. The zero-order chi connectivity index (χ0) is 8.48. The summed E-state index contributed by atoms with van der Waals surface area (Å²) in [5.41, 5.74) is -0.256. The molecule has 0 aromatic carbocycles. The van der Waals surface area contributed by atoms with Gasteiger partial charge in [-0.25, -0.2) is 4.79 Å². The van der Waals surface area contributed by atoms with Crippen molar-refractivity contribution in [3.8, 4) is 0 Å². The molecule has 0 aromatic heterocycles. The first-order chi connectivity index (χ1) is 4.99. The van der Waals surface area contributed by atoms with Crippen LogP contribution in [-0.2, 0) is 14.3 Å². The lowest BCUT2D eigenvalue weighted by molar-refractivity contribution is -0.154. The molecule has 1 atom stereocenters. The maximum Gasteiger partial charge on any atom is 0.335 e. The maximum atomic E-state index is 10.9. The van der Waals surface area contributed by atoms with Crippen LogP contribution in [0.15, 0.2) is 0 Å². The summed E-state index contributed by atoms with van der Waals surface area (Å²) in [5.74, 6) is -0.222. The summed E-state index contributed by atoms with van der Waals surface area (Å²) in [4.78, 5) is 10.9. The molecule has 0 spiro atoms. The van der Waals surface area contributed by atoms with Crippen LogP contribution >= 0.6 is 0 Å². The van der Waals surface area contributed by atoms with Crippen LogP contribution in [0.2, 0.25) is 0 Å². The molecular weight excluding hydrogens is 144 g/mol. The molecule has 0 N–H and O–H groups in total. The number of cyclic esters (lactones) is 1. The van der Waals surface area contributed by atoms with Gasteiger partial charge in [-0.2, -0.15) is 0 Å². The van der Waals surface area contributed by atoms with Gasteiger partial charge in [-0.15, -0.1) is 0 Å². The van der Waals surface area contributed by atoms with Crippen LogP contribution in [-0.4, -0.2) is 24.3 Å². The molecule has 64 valence electrons. The molecule has 11 heavy (non-hydrogen) atoms. The van der Waals surface area contributed by atoms with E-state index in [0.717, 1.165) is 0 Å². The predicted octanol–water partition coefficient (Wildman–Crippen LogP) is 1.12. The minimum atomic E-state index is -0.338. The summed E-state index contributed by atoms with van der Waals surface area (Å²) in [7, 11) is 0. The van der Waals surface area contributed by atoms with Gasteiger partial charge in [0.2, 0.25) is 0 Å². The highest BCUT2D eigenvalue weighted by Crippen LogP contribution is 2.17. The van der Waals surface area contributed by atoms with E-state index >= 15 is 0 Å². The van der Waals surface area contributed by atoms with Crippen molar-refractivity contribution >= 4 is 5.97 Å². The second-order valence-corrected chi connectivity index (χ2v) is 3.68. The monoisotopic (exact) mass is 158 g/mol. The first-order valence-corrected chi connectivity index (χ1v) is 3.83. The highest BCUT2D eigenvalue weighted by molar-refractivity contribution is 5.76. The molecular formula is C8H14O3. The third kappa shape index (κ3) is 2.50. The van der Waals surface area contributed by atoms with Crippen LogP contribution in [0, 0.1) is 0 Å². The molecule has 1 aliphatic heterocycles. The van der Waals surface area contributed by atoms with E-state index in [1.54, 1.807) is 0 Å². The topological polar surface area (TPSA) is 35.5 Å². The lowest BCUT2D eigenvalue weighted by Gasteiger charge is -2.22. The zero-order valence-electron chi connectivity index (χ0n) is 7.22. The lowest BCUT2D eigenvalue weighted by atomic mass is 10.2. The highest BCUT2D eigenvalue weighted by atomic mass is 16.6. The maximum absolute atomic E-state index is 10.9. The molecule has 1 saturated heterocycles. The Kier molecular flexibility index (Phi) is 2.18. The van der Waals surface area contributed by atoms with Crippen LogP contribution in [0.3, 0.4) is 0 Å². The van der Waals surface area contributed by atoms with Crippen LogP contribution in [0.25, 0.3) is 0 Å². The normalized spacial score (nSPS) is 25.4. The number of rotatable bonds is 1.